The summed E-state index contributed by atoms with van der Waals surface area (Å²) >= 11 is 0. The average Bonchev–Trinajstić information content (AvgIpc) is 2.45. The molecular formula is C16H18O5. The van der Waals surface area contributed by atoms with Crippen LogP contribution in [0.2, 0.25) is 0 Å². The highest BCUT2D eigenvalue weighted by atomic mass is 16.6. The van der Waals surface area contributed by atoms with Crippen LogP contribution < -0.4 is 10.4 Å². The molecule has 0 aliphatic rings. The van der Waals surface area contributed by atoms with Gasteiger partial charge in [0.15, 0.2) is 6.61 Å². The highest BCUT2D eigenvalue weighted by Gasteiger charge is 2.11. The Balaban J connectivity index is 2.30. The Hall–Kier alpha value is -2.30. The molecule has 2 rings (SSSR count). The minimum atomic E-state index is -0.434. The molecule has 1 aromatic carbocycles. The Labute approximate surface area is 122 Å². The molecule has 0 saturated carbocycles. The average molecular weight is 290 g/mol. The number of carbonyl (C=O) groups excluding carboxylic acids is 1. The van der Waals surface area contributed by atoms with Gasteiger partial charge in [-0.3, -0.25) is 0 Å². The second kappa shape index (κ2) is 6.43. The Morgan fingerprint density at radius 1 is 1.29 bits per heavy atom. The Morgan fingerprint density at radius 3 is 2.71 bits per heavy atom. The molecule has 1 heterocycles. The predicted octanol–water partition coefficient (Wildman–Crippen LogP) is 2.61. The van der Waals surface area contributed by atoms with Gasteiger partial charge in [-0.1, -0.05) is 6.92 Å². The van der Waals surface area contributed by atoms with E-state index in [0.717, 1.165) is 10.9 Å². The minimum absolute atomic E-state index is 0.171. The first-order valence-corrected chi connectivity index (χ1v) is 6.91. The van der Waals surface area contributed by atoms with Gasteiger partial charge in [0.05, 0.1) is 6.61 Å². The molecule has 0 aliphatic heterocycles. The maximum Gasteiger partial charge on any atom is 0.344 e. The summed E-state index contributed by atoms with van der Waals surface area (Å²) in [7, 11) is 0. The van der Waals surface area contributed by atoms with E-state index in [9.17, 15) is 9.59 Å². The van der Waals surface area contributed by atoms with Gasteiger partial charge < -0.3 is 13.9 Å². The lowest BCUT2D eigenvalue weighted by Crippen LogP contribution is -2.14. The van der Waals surface area contributed by atoms with E-state index in [4.69, 9.17) is 13.9 Å². The number of benzene rings is 1. The van der Waals surface area contributed by atoms with Gasteiger partial charge >= 0.3 is 11.6 Å². The van der Waals surface area contributed by atoms with Crippen LogP contribution in [0.3, 0.4) is 0 Å². The number of ether oxygens (including phenoxy) is 2. The molecule has 0 amide bonds. The minimum Gasteiger partial charge on any atom is -0.482 e. The van der Waals surface area contributed by atoms with Crippen molar-refractivity contribution in [3.05, 3.63) is 39.7 Å². The molecule has 0 atom stereocenters. The van der Waals surface area contributed by atoms with Crippen molar-refractivity contribution in [2.75, 3.05) is 13.2 Å². The summed E-state index contributed by atoms with van der Waals surface area (Å²) < 4.78 is 15.4. The van der Waals surface area contributed by atoms with Crippen molar-refractivity contribution in [2.24, 2.45) is 0 Å². The Morgan fingerprint density at radius 2 is 2.05 bits per heavy atom. The third-order valence-electron chi connectivity index (χ3n) is 3.27. The molecule has 0 spiro atoms. The van der Waals surface area contributed by atoms with Crippen molar-refractivity contribution in [3.8, 4) is 5.75 Å². The third kappa shape index (κ3) is 3.24. The molecule has 0 saturated heterocycles. The largest absolute Gasteiger partial charge is 0.482 e. The first-order chi connectivity index (χ1) is 10.1. The van der Waals surface area contributed by atoms with Crippen molar-refractivity contribution < 1.29 is 18.7 Å². The third-order valence-corrected chi connectivity index (χ3v) is 3.27. The monoisotopic (exact) mass is 290 g/mol. The standard InChI is InChI=1S/C16H18O5/c1-4-12-10(3)13-7-6-11(8-14(13)21-16(12)18)20-9-15(17)19-5-2/h6-8H,4-5,9H2,1-3H3. The molecule has 5 heteroatoms. The molecular weight excluding hydrogens is 272 g/mol. The number of carbonyl (C=O) groups is 1. The maximum atomic E-state index is 11.9. The van der Waals surface area contributed by atoms with E-state index in [-0.39, 0.29) is 12.2 Å². The second-order valence-corrected chi connectivity index (χ2v) is 4.60. The fraction of sp³-hybridized carbons (Fsp3) is 0.375. The van der Waals surface area contributed by atoms with E-state index in [0.29, 0.717) is 29.9 Å². The Kier molecular flexibility index (Phi) is 4.62. The van der Waals surface area contributed by atoms with Gasteiger partial charge in [0.1, 0.15) is 11.3 Å². The number of aryl methyl sites for hydroxylation is 1. The first-order valence-electron chi connectivity index (χ1n) is 6.91. The molecule has 0 fully saturated rings. The van der Waals surface area contributed by atoms with Gasteiger partial charge in [-0.25, -0.2) is 9.59 Å². The Bertz CT molecular complexity index is 714. The van der Waals surface area contributed by atoms with Crippen molar-refractivity contribution in [1.29, 1.82) is 0 Å². The zero-order valence-electron chi connectivity index (χ0n) is 12.4. The van der Waals surface area contributed by atoms with E-state index in [1.54, 1.807) is 19.1 Å². The van der Waals surface area contributed by atoms with Gasteiger partial charge in [-0.2, -0.15) is 0 Å². The first kappa shape index (κ1) is 15.1. The van der Waals surface area contributed by atoms with Crippen LogP contribution >= 0.6 is 0 Å². The SMILES string of the molecule is CCOC(=O)COc1ccc2c(C)c(CC)c(=O)oc2c1. The van der Waals surface area contributed by atoms with Crippen LogP contribution in [-0.2, 0) is 16.0 Å². The summed E-state index contributed by atoms with van der Waals surface area (Å²) in [6.07, 6.45) is 0.630. The van der Waals surface area contributed by atoms with Crippen LogP contribution in [0, 0.1) is 6.92 Å². The summed E-state index contributed by atoms with van der Waals surface area (Å²) in [5.74, 6) is 0.0268. The van der Waals surface area contributed by atoms with Crippen LogP contribution in [0.1, 0.15) is 25.0 Å². The lowest BCUT2D eigenvalue weighted by Gasteiger charge is -2.09. The van der Waals surface area contributed by atoms with Gasteiger partial charge in [-0.05, 0) is 38.0 Å². The van der Waals surface area contributed by atoms with Gasteiger partial charge in [0.25, 0.3) is 0 Å². The molecule has 5 nitrogen and oxygen atoms in total. The van der Waals surface area contributed by atoms with E-state index < -0.39 is 5.97 Å². The summed E-state index contributed by atoms with van der Waals surface area (Å²) in [5.41, 5.74) is 1.73. The lowest BCUT2D eigenvalue weighted by atomic mass is 10.0. The van der Waals surface area contributed by atoms with Gasteiger partial charge in [0, 0.05) is 17.0 Å². The van der Waals surface area contributed by atoms with Crippen LogP contribution in [0.15, 0.2) is 27.4 Å². The van der Waals surface area contributed by atoms with Gasteiger partial charge in [-0.15, -0.1) is 0 Å². The fourth-order valence-electron chi connectivity index (χ4n) is 2.22. The van der Waals surface area contributed by atoms with E-state index in [1.165, 1.54) is 0 Å². The van der Waals surface area contributed by atoms with Crippen LogP contribution in [0.5, 0.6) is 5.75 Å². The number of fused-ring (bicyclic) bond motifs is 1. The van der Waals surface area contributed by atoms with Crippen LogP contribution in [-0.4, -0.2) is 19.2 Å². The quantitative estimate of drug-likeness (QED) is 0.625. The highest BCUT2D eigenvalue weighted by Crippen LogP contribution is 2.24. The second-order valence-electron chi connectivity index (χ2n) is 4.60. The summed E-state index contributed by atoms with van der Waals surface area (Å²) in [4.78, 5) is 23.1. The van der Waals surface area contributed by atoms with Crippen LogP contribution in [0.4, 0.5) is 0 Å². The van der Waals surface area contributed by atoms with E-state index >= 15 is 0 Å². The highest BCUT2D eigenvalue weighted by molar-refractivity contribution is 5.82. The summed E-state index contributed by atoms with van der Waals surface area (Å²) in [5, 5.41) is 0.870. The predicted molar refractivity (Wildman–Crippen MR) is 78.7 cm³/mol. The molecule has 0 radical (unpaired) electrons. The molecule has 112 valence electrons. The molecule has 0 bridgehead atoms. The zero-order chi connectivity index (χ0) is 15.4. The van der Waals surface area contributed by atoms with Crippen LogP contribution in [0.25, 0.3) is 11.0 Å². The molecule has 2 aromatic rings. The summed E-state index contributed by atoms with van der Waals surface area (Å²) in [6.45, 7) is 5.69. The summed E-state index contributed by atoms with van der Waals surface area (Å²) in [6, 6.07) is 5.18. The molecule has 0 N–H and O–H groups in total. The zero-order valence-corrected chi connectivity index (χ0v) is 12.4. The molecule has 21 heavy (non-hydrogen) atoms. The molecule has 1 aromatic heterocycles. The van der Waals surface area contributed by atoms with Crippen molar-refractivity contribution in [2.45, 2.75) is 27.2 Å². The van der Waals surface area contributed by atoms with Crippen molar-refractivity contribution in [3.63, 3.8) is 0 Å². The number of hydrogen-bond acceptors (Lipinski definition) is 5. The van der Waals surface area contributed by atoms with Crippen molar-refractivity contribution in [1.82, 2.24) is 0 Å². The molecule has 0 aliphatic carbocycles. The van der Waals surface area contributed by atoms with Gasteiger partial charge in [0.2, 0.25) is 0 Å². The number of rotatable bonds is 5. The number of esters is 1. The van der Waals surface area contributed by atoms with E-state index in [1.807, 2.05) is 19.9 Å². The molecule has 0 unspecified atom stereocenters. The normalized spacial score (nSPS) is 10.6. The lowest BCUT2D eigenvalue weighted by molar-refractivity contribution is -0.145. The maximum absolute atomic E-state index is 11.9. The smallest absolute Gasteiger partial charge is 0.344 e. The fourth-order valence-corrected chi connectivity index (χ4v) is 2.22. The number of hydrogen-bond donors (Lipinski definition) is 0. The van der Waals surface area contributed by atoms with E-state index in [2.05, 4.69) is 0 Å². The van der Waals surface area contributed by atoms with Crippen molar-refractivity contribution >= 4 is 16.9 Å². The topological polar surface area (TPSA) is 65.7 Å².